The summed E-state index contributed by atoms with van der Waals surface area (Å²) >= 11 is 1.77. The number of thiophene rings is 1. The number of anilines is 3. The van der Waals surface area contributed by atoms with Gasteiger partial charge in [-0.3, -0.25) is 4.79 Å². The molecule has 0 fully saturated rings. The predicted octanol–water partition coefficient (Wildman–Crippen LogP) is 4.40. The molecule has 1 aliphatic rings. The van der Waals surface area contributed by atoms with Gasteiger partial charge in [-0.15, -0.1) is 11.3 Å². The Balaban J connectivity index is 0.000000292. The molecule has 9 nitrogen and oxygen atoms in total. The lowest BCUT2D eigenvalue weighted by Crippen LogP contribution is -2.26. The number of nitrogens with one attached hydrogen (secondary N) is 2. The molecule has 0 saturated heterocycles. The first-order valence-electron chi connectivity index (χ1n) is 11.7. The molecule has 188 valence electrons. The Morgan fingerprint density at radius 1 is 1.23 bits per heavy atom. The van der Waals surface area contributed by atoms with Crippen LogP contribution in [0.3, 0.4) is 0 Å². The van der Waals surface area contributed by atoms with Crippen LogP contribution in [0.15, 0.2) is 18.5 Å². The van der Waals surface area contributed by atoms with Gasteiger partial charge in [-0.25, -0.2) is 9.97 Å². The van der Waals surface area contributed by atoms with Crippen LogP contribution in [-0.2, 0) is 22.4 Å². The second kappa shape index (κ2) is 13.0. The first-order valence-corrected chi connectivity index (χ1v) is 12.6. The number of benzene rings is 1. The summed E-state index contributed by atoms with van der Waals surface area (Å²) in [5, 5.41) is 12.0. The van der Waals surface area contributed by atoms with E-state index < -0.39 is 0 Å². The number of hydrogen-bond donors (Lipinski definition) is 3. The molecule has 0 aliphatic heterocycles. The van der Waals surface area contributed by atoms with Gasteiger partial charge in [0.25, 0.3) is 0 Å². The van der Waals surface area contributed by atoms with Crippen LogP contribution in [0.5, 0.6) is 5.75 Å². The monoisotopic (exact) mass is 498 g/mol. The average molecular weight is 499 g/mol. The van der Waals surface area contributed by atoms with Crippen molar-refractivity contribution < 1.29 is 14.3 Å². The molecule has 0 radical (unpaired) electrons. The van der Waals surface area contributed by atoms with Gasteiger partial charge in [0.1, 0.15) is 22.7 Å². The number of nitrogens with two attached hydrogens (primary N) is 1. The molecule has 0 saturated carbocycles. The summed E-state index contributed by atoms with van der Waals surface area (Å²) in [7, 11) is 3.24. The van der Waals surface area contributed by atoms with E-state index in [0.29, 0.717) is 30.2 Å². The number of rotatable bonds is 10. The van der Waals surface area contributed by atoms with Crippen LogP contribution in [0.25, 0.3) is 10.2 Å². The highest BCUT2D eigenvalue weighted by Gasteiger charge is 2.20. The zero-order chi connectivity index (χ0) is 25.2. The summed E-state index contributed by atoms with van der Waals surface area (Å²) in [5.74, 6) is 1.40. The summed E-state index contributed by atoms with van der Waals surface area (Å²) in [6.07, 6.45) is 9.34. The summed E-state index contributed by atoms with van der Waals surface area (Å²) in [4.78, 5) is 23.4. The number of aromatic nitrogens is 2. The zero-order valence-corrected chi connectivity index (χ0v) is 21.4. The van der Waals surface area contributed by atoms with E-state index in [1.54, 1.807) is 42.8 Å². The van der Waals surface area contributed by atoms with Gasteiger partial charge in [0, 0.05) is 48.6 Å². The van der Waals surface area contributed by atoms with Crippen molar-refractivity contribution in [3.05, 3.63) is 34.5 Å². The van der Waals surface area contributed by atoms with Crippen LogP contribution < -0.4 is 15.8 Å². The van der Waals surface area contributed by atoms with E-state index in [2.05, 4.69) is 15.3 Å². The number of carbonyl (C=O) groups excluding carboxylic acids is 1. The largest absolute Gasteiger partial charge is 0.494 e. The lowest BCUT2D eigenvalue weighted by atomic mass is 9.97. The van der Waals surface area contributed by atoms with E-state index in [4.69, 9.17) is 20.6 Å². The fourth-order valence-corrected chi connectivity index (χ4v) is 5.26. The Kier molecular flexibility index (Phi) is 9.80. The Labute approximate surface area is 210 Å². The number of nitrogens with zero attached hydrogens (tertiary/aromatic N) is 3. The van der Waals surface area contributed by atoms with Crippen molar-refractivity contribution in [2.45, 2.75) is 39.0 Å². The highest BCUT2D eigenvalue weighted by atomic mass is 32.1. The Morgan fingerprint density at radius 2 is 2.03 bits per heavy atom. The minimum absolute atomic E-state index is 0.512. The van der Waals surface area contributed by atoms with Gasteiger partial charge in [0.05, 0.1) is 24.8 Å². The average Bonchev–Trinajstić information content (AvgIpc) is 3.27. The van der Waals surface area contributed by atoms with Crippen molar-refractivity contribution in [2.24, 2.45) is 0 Å². The number of ether oxygens (including phenoxy) is 2. The molecule has 4 rings (SSSR count). The number of carbonyl (C=O) groups is 1. The highest BCUT2D eigenvalue weighted by molar-refractivity contribution is 7.19. The van der Waals surface area contributed by atoms with Gasteiger partial charge in [-0.2, -0.15) is 0 Å². The second-order valence-electron chi connectivity index (χ2n) is 8.20. The number of hydrogen-bond acceptors (Lipinski definition) is 9. The minimum atomic E-state index is 0.512. The van der Waals surface area contributed by atoms with Crippen LogP contribution in [0, 0.1) is 5.41 Å². The smallest absolute Gasteiger partial charge is 0.209 e. The molecule has 10 heteroatoms. The predicted molar refractivity (Wildman–Crippen MR) is 142 cm³/mol. The SMILES string of the molecule is CCCN(C=O)CCOC.COc1cc(N)c(C=N)cc1Nc1ncnc2sc3c(c12)CCCC3. The maximum absolute atomic E-state index is 10.3. The van der Waals surface area contributed by atoms with Crippen molar-refractivity contribution in [3.8, 4) is 5.75 Å². The van der Waals surface area contributed by atoms with Gasteiger partial charge in [-0.1, -0.05) is 6.92 Å². The molecule has 0 bridgehead atoms. The second-order valence-corrected chi connectivity index (χ2v) is 9.28. The third kappa shape index (κ3) is 6.46. The standard InChI is InChI=1S/C18H19N5OS.C7H15NO2/c1-24-14-7-12(20)10(8-19)6-13(14)23-17-16-11-4-2-3-5-15(11)25-18(16)22-9-21-17;1-3-4-8(7-9)5-6-10-2/h6-9,19H,2-5,20H2,1H3,(H,21,22,23);7H,3-6H2,1-2H3. The molecule has 3 aromatic rings. The first-order chi connectivity index (χ1) is 17.1. The summed E-state index contributed by atoms with van der Waals surface area (Å²) in [6, 6.07) is 3.54. The number of aryl methyl sites for hydroxylation is 2. The lowest BCUT2D eigenvalue weighted by molar-refractivity contribution is -0.118. The van der Waals surface area contributed by atoms with E-state index >= 15 is 0 Å². The van der Waals surface area contributed by atoms with E-state index in [0.717, 1.165) is 53.9 Å². The van der Waals surface area contributed by atoms with Gasteiger partial charge in [0.2, 0.25) is 6.41 Å². The first kappa shape index (κ1) is 26.4. The Bertz CT molecular complexity index is 1150. The topological polar surface area (TPSA) is 126 Å². The highest BCUT2D eigenvalue weighted by Crippen LogP contribution is 2.40. The van der Waals surface area contributed by atoms with E-state index in [9.17, 15) is 4.79 Å². The quantitative estimate of drug-likeness (QED) is 0.215. The number of fused-ring (bicyclic) bond motifs is 3. The van der Waals surface area contributed by atoms with Crippen LogP contribution in [0.1, 0.15) is 42.2 Å². The molecule has 4 N–H and O–H groups in total. The molecule has 1 aromatic carbocycles. The number of methoxy groups -OCH3 is 2. The molecule has 1 amide bonds. The number of nitrogen functional groups attached to an aromatic ring is 1. The number of amides is 1. The van der Waals surface area contributed by atoms with Gasteiger partial charge in [-0.05, 0) is 43.7 Å². The van der Waals surface area contributed by atoms with Crippen molar-refractivity contribution in [2.75, 3.05) is 45.0 Å². The molecule has 1 aliphatic carbocycles. The normalized spacial score (nSPS) is 12.3. The third-order valence-corrected chi connectivity index (χ3v) is 7.01. The maximum atomic E-state index is 10.3. The summed E-state index contributed by atoms with van der Waals surface area (Å²) in [6.45, 7) is 4.20. The third-order valence-electron chi connectivity index (χ3n) is 5.81. The fourth-order valence-electron chi connectivity index (χ4n) is 4.03. The van der Waals surface area contributed by atoms with Crippen molar-refractivity contribution in [1.82, 2.24) is 14.9 Å². The van der Waals surface area contributed by atoms with Crippen LogP contribution in [0.4, 0.5) is 17.2 Å². The van der Waals surface area contributed by atoms with Gasteiger partial charge in [0.15, 0.2) is 0 Å². The van der Waals surface area contributed by atoms with Crippen molar-refractivity contribution in [1.29, 1.82) is 5.41 Å². The molecule has 0 atom stereocenters. The van der Waals surface area contributed by atoms with Crippen LogP contribution in [0.2, 0.25) is 0 Å². The molecule has 0 unspecified atom stereocenters. The van der Waals surface area contributed by atoms with Crippen molar-refractivity contribution in [3.63, 3.8) is 0 Å². The Hall–Kier alpha value is -3.24. The maximum Gasteiger partial charge on any atom is 0.209 e. The molecular weight excluding hydrogens is 464 g/mol. The zero-order valence-electron chi connectivity index (χ0n) is 20.6. The Morgan fingerprint density at radius 3 is 2.71 bits per heavy atom. The van der Waals surface area contributed by atoms with Crippen LogP contribution in [-0.4, -0.2) is 61.4 Å². The lowest BCUT2D eigenvalue weighted by Gasteiger charge is -2.15. The molecule has 0 spiro atoms. The molecule has 35 heavy (non-hydrogen) atoms. The fraction of sp³-hybridized carbons (Fsp3) is 0.440. The summed E-state index contributed by atoms with van der Waals surface area (Å²) in [5.41, 5.74) is 9.22. The van der Waals surface area contributed by atoms with Crippen molar-refractivity contribution >= 4 is 51.4 Å². The van der Waals surface area contributed by atoms with E-state index in [1.165, 1.54) is 29.5 Å². The van der Waals surface area contributed by atoms with E-state index in [-0.39, 0.29) is 0 Å². The van der Waals surface area contributed by atoms with Crippen LogP contribution >= 0.6 is 11.3 Å². The summed E-state index contributed by atoms with van der Waals surface area (Å²) < 4.78 is 10.3. The molecule has 2 aromatic heterocycles. The van der Waals surface area contributed by atoms with Gasteiger partial charge >= 0.3 is 0 Å². The van der Waals surface area contributed by atoms with Gasteiger partial charge < -0.3 is 30.8 Å². The minimum Gasteiger partial charge on any atom is -0.494 e. The molecule has 2 heterocycles. The molecular formula is C25H34N6O3S. The van der Waals surface area contributed by atoms with E-state index in [1.807, 2.05) is 13.0 Å².